The zero-order valence-electron chi connectivity index (χ0n) is 16.4. The molecular formula is C21H16BBrFN5O2. The Hall–Kier alpha value is -3.40. The molecule has 0 aliphatic rings. The summed E-state index contributed by atoms with van der Waals surface area (Å²) in [5.41, 5.74) is 7.36. The third-order valence-electron chi connectivity index (χ3n) is 4.87. The molecule has 10 heteroatoms. The SMILES string of the molecule is Cc1c(NC(=O)c2cc(C(N)=O)nc3cc(F)ccc23)nbn1Cc1ccc(Br)cc1. The first-order chi connectivity index (χ1) is 14.8. The predicted octanol–water partition coefficient (Wildman–Crippen LogP) is 3.38. The molecule has 4 aromatic rings. The number of benzene rings is 2. The third kappa shape index (κ3) is 4.39. The third-order valence-corrected chi connectivity index (χ3v) is 5.40. The summed E-state index contributed by atoms with van der Waals surface area (Å²) in [5, 5.41) is 3.16. The molecule has 4 rings (SSSR count). The Morgan fingerprint density at radius 2 is 1.94 bits per heavy atom. The molecule has 0 atom stereocenters. The van der Waals surface area contributed by atoms with Gasteiger partial charge in [-0.05, 0) is 0 Å². The molecule has 2 aromatic carbocycles. The van der Waals surface area contributed by atoms with E-state index >= 15 is 0 Å². The molecule has 0 spiro atoms. The summed E-state index contributed by atoms with van der Waals surface area (Å²) in [6, 6.07) is 13.0. The van der Waals surface area contributed by atoms with E-state index in [9.17, 15) is 14.0 Å². The standard InChI is InChI=1S/C21H16BBrFN5O2/c1-11-20(28-22-29(11)10-12-2-4-13(23)5-3-12)27-21(31)16-9-18(19(25)30)26-17-8-14(24)6-7-15(16)17/h2-9H,10H2,1H3,(H2,25,30)(H,27,31). The van der Waals surface area contributed by atoms with Crippen molar-refractivity contribution in [3.63, 3.8) is 0 Å². The molecule has 7 nitrogen and oxygen atoms in total. The van der Waals surface area contributed by atoms with Crippen LogP contribution in [-0.2, 0) is 6.54 Å². The van der Waals surface area contributed by atoms with Gasteiger partial charge in [0.1, 0.15) is 0 Å². The van der Waals surface area contributed by atoms with Crippen molar-refractivity contribution in [3.8, 4) is 0 Å². The van der Waals surface area contributed by atoms with Crippen LogP contribution in [-0.4, -0.2) is 33.4 Å². The average molecular weight is 480 g/mol. The Morgan fingerprint density at radius 3 is 2.65 bits per heavy atom. The van der Waals surface area contributed by atoms with E-state index in [2.05, 4.69) is 31.1 Å². The average Bonchev–Trinajstić information content (AvgIpc) is 3.07. The van der Waals surface area contributed by atoms with Crippen molar-refractivity contribution in [1.29, 1.82) is 0 Å². The van der Waals surface area contributed by atoms with Crippen LogP contribution in [0.15, 0.2) is 53.0 Å². The van der Waals surface area contributed by atoms with Gasteiger partial charge >= 0.3 is 186 Å². The fourth-order valence-corrected chi connectivity index (χ4v) is 3.47. The first kappa shape index (κ1) is 20.9. The molecule has 0 aliphatic heterocycles. The molecule has 0 aliphatic carbocycles. The zero-order valence-corrected chi connectivity index (χ0v) is 18.0. The Kier molecular flexibility index (Phi) is 5.64. The monoisotopic (exact) mass is 479 g/mol. The number of carbonyl (C=O) groups excluding carboxylic acids is 2. The fraction of sp³-hybridized carbons (Fsp3) is 0.0952. The summed E-state index contributed by atoms with van der Waals surface area (Å²) in [5.74, 6) is -1.46. The Bertz CT molecular complexity index is 1320. The van der Waals surface area contributed by atoms with Crippen molar-refractivity contribution in [2.45, 2.75) is 13.5 Å². The fourth-order valence-electron chi connectivity index (χ4n) is 3.20. The van der Waals surface area contributed by atoms with E-state index in [1.54, 1.807) is 7.19 Å². The molecule has 0 bridgehead atoms. The van der Waals surface area contributed by atoms with Crippen LogP contribution in [0.2, 0.25) is 0 Å². The molecule has 0 radical (unpaired) electrons. The molecule has 3 N–H and O–H groups in total. The topological polar surface area (TPSA) is 103 Å². The molecule has 0 unspecified atom stereocenters. The molecule has 0 saturated carbocycles. The van der Waals surface area contributed by atoms with Crippen molar-refractivity contribution in [3.05, 3.63) is 81.3 Å². The first-order valence-electron chi connectivity index (χ1n) is 9.29. The van der Waals surface area contributed by atoms with Gasteiger partial charge in [-0.15, -0.1) is 0 Å². The number of nitrogens with two attached hydrogens (primary N) is 1. The van der Waals surface area contributed by atoms with Gasteiger partial charge in [0.2, 0.25) is 0 Å². The molecule has 0 fully saturated rings. The number of nitrogens with zero attached hydrogens (tertiary/aromatic N) is 3. The number of halogens is 2. The number of primary amides is 1. The maximum absolute atomic E-state index is 13.6. The van der Waals surface area contributed by atoms with Gasteiger partial charge in [-0.1, -0.05) is 0 Å². The number of anilines is 1. The molecule has 2 aromatic heterocycles. The molecule has 2 amide bonds. The van der Waals surface area contributed by atoms with E-state index in [0.717, 1.165) is 21.8 Å². The van der Waals surface area contributed by atoms with Crippen molar-refractivity contribution >= 4 is 51.7 Å². The van der Waals surface area contributed by atoms with Crippen LogP contribution in [0, 0.1) is 12.7 Å². The first-order valence-corrected chi connectivity index (χ1v) is 10.1. The van der Waals surface area contributed by atoms with Crippen LogP contribution in [0.5, 0.6) is 0 Å². The zero-order chi connectivity index (χ0) is 22.1. The quantitative estimate of drug-likeness (QED) is 0.458. The van der Waals surface area contributed by atoms with E-state index in [-0.39, 0.29) is 16.8 Å². The van der Waals surface area contributed by atoms with Crippen molar-refractivity contribution < 1.29 is 14.0 Å². The van der Waals surface area contributed by atoms with Crippen molar-refractivity contribution in [2.75, 3.05) is 5.32 Å². The number of carbonyl (C=O) groups is 2. The number of hydrogen-bond acceptors (Lipinski definition) is 4. The number of amides is 2. The summed E-state index contributed by atoms with van der Waals surface area (Å²) in [7, 11) is 1.64. The van der Waals surface area contributed by atoms with Gasteiger partial charge in [0.15, 0.2) is 0 Å². The Labute approximate surface area is 185 Å². The van der Waals surface area contributed by atoms with Crippen LogP contribution >= 0.6 is 15.9 Å². The molecule has 31 heavy (non-hydrogen) atoms. The summed E-state index contributed by atoms with van der Waals surface area (Å²) >= 11 is 3.41. The van der Waals surface area contributed by atoms with Gasteiger partial charge in [-0.25, -0.2) is 0 Å². The molecule has 0 saturated heterocycles. The van der Waals surface area contributed by atoms with E-state index in [1.807, 2.05) is 35.7 Å². The Balaban J connectivity index is 1.64. The van der Waals surface area contributed by atoms with E-state index in [1.165, 1.54) is 18.2 Å². The van der Waals surface area contributed by atoms with Gasteiger partial charge in [-0.3, -0.25) is 0 Å². The second kappa shape index (κ2) is 8.39. The van der Waals surface area contributed by atoms with Gasteiger partial charge in [0, 0.05) is 0 Å². The molecule has 2 heterocycles. The summed E-state index contributed by atoms with van der Waals surface area (Å²) in [6.45, 7) is 2.43. The molecular weight excluding hydrogens is 464 g/mol. The molecule has 154 valence electrons. The predicted molar refractivity (Wildman–Crippen MR) is 120 cm³/mol. The van der Waals surface area contributed by atoms with Crippen molar-refractivity contribution in [2.24, 2.45) is 5.73 Å². The minimum absolute atomic E-state index is 0.124. The van der Waals surface area contributed by atoms with Gasteiger partial charge in [0.25, 0.3) is 0 Å². The van der Waals surface area contributed by atoms with E-state index < -0.39 is 17.6 Å². The number of pyridine rings is 1. The number of hydrogen-bond donors (Lipinski definition) is 2. The summed E-state index contributed by atoms with van der Waals surface area (Å²) in [4.78, 5) is 33.0. The number of aromatic nitrogens is 3. The van der Waals surface area contributed by atoms with E-state index in [4.69, 9.17) is 5.73 Å². The second-order valence-corrected chi connectivity index (χ2v) is 7.88. The Morgan fingerprint density at radius 1 is 1.19 bits per heavy atom. The van der Waals surface area contributed by atoms with Gasteiger partial charge in [-0.2, -0.15) is 0 Å². The summed E-state index contributed by atoms with van der Waals surface area (Å²) in [6.07, 6.45) is 0. The number of rotatable bonds is 5. The van der Waals surface area contributed by atoms with Crippen LogP contribution in [0.1, 0.15) is 32.1 Å². The summed E-state index contributed by atoms with van der Waals surface area (Å²) < 4.78 is 16.5. The van der Waals surface area contributed by atoms with Crippen LogP contribution < -0.4 is 11.1 Å². The normalized spacial score (nSPS) is 10.8. The number of fused-ring (bicyclic) bond motifs is 1. The minimum atomic E-state index is -0.810. The van der Waals surface area contributed by atoms with Crippen LogP contribution in [0.3, 0.4) is 0 Å². The van der Waals surface area contributed by atoms with E-state index in [0.29, 0.717) is 17.7 Å². The van der Waals surface area contributed by atoms with Gasteiger partial charge < -0.3 is 0 Å². The van der Waals surface area contributed by atoms with Crippen LogP contribution in [0.4, 0.5) is 10.2 Å². The van der Waals surface area contributed by atoms with Crippen molar-refractivity contribution in [1.82, 2.24) is 14.3 Å². The number of nitrogens with one attached hydrogen (secondary N) is 1. The second-order valence-electron chi connectivity index (χ2n) is 6.97. The van der Waals surface area contributed by atoms with Gasteiger partial charge in [0.05, 0.1) is 0 Å². The van der Waals surface area contributed by atoms with Crippen LogP contribution in [0.25, 0.3) is 10.9 Å². The maximum atomic E-state index is 13.6.